The first-order valence-electron chi connectivity index (χ1n) is 8.43. The van der Waals surface area contributed by atoms with Gasteiger partial charge >= 0.3 is 0 Å². The van der Waals surface area contributed by atoms with Crippen molar-refractivity contribution < 1.29 is 4.79 Å². The number of benzene rings is 1. The molecule has 7 heteroatoms. The van der Waals surface area contributed by atoms with Gasteiger partial charge in [0, 0.05) is 17.4 Å². The maximum absolute atomic E-state index is 12.3. The van der Waals surface area contributed by atoms with Crippen LogP contribution in [0.3, 0.4) is 0 Å². The van der Waals surface area contributed by atoms with Gasteiger partial charge in [-0.3, -0.25) is 4.79 Å². The van der Waals surface area contributed by atoms with Gasteiger partial charge in [-0.05, 0) is 65.9 Å². The second-order valence-electron chi connectivity index (χ2n) is 6.49. The van der Waals surface area contributed by atoms with Crippen LogP contribution in [0.15, 0.2) is 21.8 Å². The van der Waals surface area contributed by atoms with E-state index in [2.05, 4.69) is 56.8 Å². The van der Waals surface area contributed by atoms with Crippen molar-refractivity contribution >= 4 is 39.3 Å². The predicted octanol–water partition coefficient (Wildman–Crippen LogP) is 4.61. The van der Waals surface area contributed by atoms with Crippen molar-refractivity contribution in [2.24, 2.45) is 5.92 Å². The number of amides is 1. The minimum Gasteiger partial charge on any atom is -0.324 e. The normalized spacial score (nSPS) is 11.2. The van der Waals surface area contributed by atoms with Gasteiger partial charge in [0.25, 0.3) is 0 Å². The first kappa shape index (κ1) is 20.0. The summed E-state index contributed by atoms with van der Waals surface area (Å²) in [5.74, 6) is 1.76. The van der Waals surface area contributed by atoms with E-state index in [4.69, 9.17) is 0 Å². The van der Waals surface area contributed by atoms with Gasteiger partial charge < -0.3 is 9.88 Å². The molecule has 0 unspecified atom stereocenters. The molecule has 1 aromatic heterocycles. The Labute approximate surface area is 162 Å². The third-order valence-electron chi connectivity index (χ3n) is 3.89. The van der Waals surface area contributed by atoms with Crippen molar-refractivity contribution in [3.63, 3.8) is 0 Å². The van der Waals surface area contributed by atoms with Crippen molar-refractivity contribution in [1.82, 2.24) is 14.8 Å². The largest absolute Gasteiger partial charge is 0.324 e. The Kier molecular flexibility index (Phi) is 7.07. The molecule has 25 heavy (non-hydrogen) atoms. The molecule has 0 aliphatic carbocycles. The molecule has 2 rings (SSSR count). The van der Waals surface area contributed by atoms with Gasteiger partial charge in [0.15, 0.2) is 5.16 Å². The summed E-state index contributed by atoms with van der Waals surface area (Å²) in [6, 6.07) is 4.00. The molecule has 1 aromatic carbocycles. The molecular weight excluding hydrogens is 400 g/mol. The van der Waals surface area contributed by atoms with Crippen LogP contribution in [0.4, 0.5) is 5.69 Å². The number of nitrogens with zero attached hydrogens (tertiary/aromatic N) is 3. The number of nitrogens with one attached hydrogen (secondary N) is 1. The van der Waals surface area contributed by atoms with Crippen molar-refractivity contribution in [1.29, 1.82) is 0 Å². The molecule has 136 valence electrons. The highest BCUT2D eigenvalue weighted by Crippen LogP contribution is 2.26. The van der Waals surface area contributed by atoms with Crippen LogP contribution in [-0.4, -0.2) is 26.4 Å². The van der Waals surface area contributed by atoms with Gasteiger partial charge in [-0.1, -0.05) is 25.6 Å². The summed E-state index contributed by atoms with van der Waals surface area (Å²) >= 11 is 4.93. The number of aryl methyl sites for hydroxylation is 2. The smallest absolute Gasteiger partial charge is 0.234 e. The van der Waals surface area contributed by atoms with E-state index in [1.807, 2.05) is 26.0 Å². The number of hydrogen-bond donors (Lipinski definition) is 1. The third-order valence-corrected chi connectivity index (χ3v) is 5.51. The molecule has 0 atom stereocenters. The quantitative estimate of drug-likeness (QED) is 0.659. The molecule has 0 radical (unpaired) electrons. The summed E-state index contributed by atoms with van der Waals surface area (Å²) in [7, 11) is 0. The van der Waals surface area contributed by atoms with E-state index in [1.165, 1.54) is 17.3 Å². The molecule has 0 spiro atoms. The number of halogens is 1. The summed E-state index contributed by atoms with van der Waals surface area (Å²) in [6.45, 7) is 11.3. The van der Waals surface area contributed by atoms with Gasteiger partial charge in [-0.25, -0.2) is 0 Å². The van der Waals surface area contributed by atoms with Crippen LogP contribution >= 0.6 is 27.7 Å². The number of anilines is 1. The van der Waals surface area contributed by atoms with E-state index in [0.717, 1.165) is 39.7 Å². The van der Waals surface area contributed by atoms with Crippen LogP contribution in [0.5, 0.6) is 0 Å². The Bertz CT molecular complexity index is 758. The maximum atomic E-state index is 12.3. The van der Waals surface area contributed by atoms with Gasteiger partial charge in [-0.2, -0.15) is 0 Å². The van der Waals surface area contributed by atoms with Crippen LogP contribution in [0.25, 0.3) is 0 Å². The molecule has 1 N–H and O–H groups in total. The number of carbonyl (C=O) groups excluding carboxylic acids is 1. The molecule has 0 saturated heterocycles. The predicted molar refractivity (Wildman–Crippen MR) is 107 cm³/mol. The zero-order chi connectivity index (χ0) is 18.6. The summed E-state index contributed by atoms with van der Waals surface area (Å²) < 4.78 is 2.98. The maximum Gasteiger partial charge on any atom is 0.234 e. The van der Waals surface area contributed by atoms with Gasteiger partial charge in [0.05, 0.1) is 11.4 Å². The van der Waals surface area contributed by atoms with Gasteiger partial charge in [-0.15, -0.1) is 10.2 Å². The molecule has 5 nitrogen and oxygen atoms in total. The molecular formula is C18H25BrN4OS. The minimum absolute atomic E-state index is 0.0509. The Hall–Kier alpha value is -1.34. The van der Waals surface area contributed by atoms with Crippen LogP contribution < -0.4 is 5.32 Å². The summed E-state index contributed by atoms with van der Waals surface area (Å²) in [5, 5.41) is 12.3. The Morgan fingerprint density at radius 1 is 1.28 bits per heavy atom. The zero-order valence-corrected chi connectivity index (χ0v) is 17.8. The number of aromatic nitrogens is 3. The lowest BCUT2D eigenvalue weighted by atomic mass is 10.1. The highest BCUT2D eigenvalue weighted by Gasteiger charge is 2.14. The highest BCUT2D eigenvalue weighted by molar-refractivity contribution is 9.10. The molecule has 2 aromatic rings. The Balaban J connectivity index is 2.01. The van der Waals surface area contributed by atoms with Crippen molar-refractivity contribution in [3.8, 4) is 0 Å². The Morgan fingerprint density at radius 3 is 2.60 bits per heavy atom. The number of hydrogen-bond acceptors (Lipinski definition) is 4. The van der Waals surface area contributed by atoms with Crippen LogP contribution in [0.1, 0.15) is 37.7 Å². The van der Waals surface area contributed by atoms with E-state index in [-0.39, 0.29) is 5.91 Å². The summed E-state index contributed by atoms with van der Waals surface area (Å²) in [6.07, 6.45) is 0.892. The van der Waals surface area contributed by atoms with Gasteiger partial charge in [0.2, 0.25) is 5.91 Å². The van der Waals surface area contributed by atoms with E-state index in [0.29, 0.717) is 11.7 Å². The second-order valence-corrected chi connectivity index (χ2v) is 8.29. The lowest BCUT2D eigenvalue weighted by Crippen LogP contribution is -2.15. The van der Waals surface area contributed by atoms with Crippen molar-refractivity contribution in [2.45, 2.75) is 52.7 Å². The molecule has 0 aliphatic rings. The zero-order valence-electron chi connectivity index (χ0n) is 15.4. The molecule has 0 saturated carbocycles. The SMILES string of the molecule is CCn1c(CC(C)C)nnc1SCC(=O)Nc1cc(C)c(C)cc1Br. The fourth-order valence-corrected chi connectivity index (χ4v) is 3.83. The second kappa shape index (κ2) is 8.85. The lowest BCUT2D eigenvalue weighted by molar-refractivity contribution is -0.113. The minimum atomic E-state index is -0.0509. The first-order chi connectivity index (χ1) is 11.8. The van der Waals surface area contributed by atoms with E-state index in [1.54, 1.807) is 0 Å². The fourth-order valence-electron chi connectivity index (χ4n) is 2.45. The van der Waals surface area contributed by atoms with E-state index in [9.17, 15) is 4.79 Å². The lowest BCUT2D eigenvalue weighted by Gasteiger charge is -2.11. The average Bonchev–Trinajstić information content (AvgIpc) is 2.91. The topological polar surface area (TPSA) is 59.8 Å². The fraction of sp³-hybridized carbons (Fsp3) is 0.500. The van der Waals surface area contributed by atoms with Crippen LogP contribution in [-0.2, 0) is 17.8 Å². The van der Waals surface area contributed by atoms with Crippen LogP contribution in [0.2, 0.25) is 0 Å². The molecule has 0 bridgehead atoms. The third kappa shape index (κ3) is 5.31. The van der Waals surface area contributed by atoms with Gasteiger partial charge in [0.1, 0.15) is 5.82 Å². The molecule has 0 aliphatic heterocycles. The van der Waals surface area contributed by atoms with E-state index >= 15 is 0 Å². The monoisotopic (exact) mass is 424 g/mol. The molecule has 1 amide bonds. The number of rotatable bonds is 7. The average molecular weight is 425 g/mol. The number of carbonyl (C=O) groups is 1. The first-order valence-corrected chi connectivity index (χ1v) is 10.2. The standard InChI is InChI=1S/C18H25BrN4OS/c1-6-23-16(7-11(2)3)21-22-18(23)25-10-17(24)20-15-9-13(5)12(4)8-14(15)19/h8-9,11H,6-7,10H2,1-5H3,(H,20,24). The van der Waals surface area contributed by atoms with Crippen molar-refractivity contribution in [2.75, 3.05) is 11.1 Å². The Morgan fingerprint density at radius 2 is 1.96 bits per heavy atom. The molecule has 1 heterocycles. The van der Waals surface area contributed by atoms with E-state index < -0.39 is 0 Å². The van der Waals surface area contributed by atoms with Crippen LogP contribution in [0, 0.1) is 19.8 Å². The number of thioether (sulfide) groups is 1. The summed E-state index contributed by atoms with van der Waals surface area (Å²) in [5.41, 5.74) is 3.13. The highest BCUT2D eigenvalue weighted by atomic mass is 79.9. The van der Waals surface area contributed by atoms with Crippen molar-refractivity contribution in [3.05, 3.63) is 33.6 Å². The molecule has 0 fully saturated rings. The summed E-state index contributed by atoms with van der Waals surface area (Å²) in [4.78, 5) is 12.3.